The predicted molar refractivity (Wildman–Crippen MR) is 72.9 cm³/mol. The number of ether oxygens (including phenoxy) is 1. The molecule has 1 aromatic heterocycles. The Morgan fingerprint density at radius 3 is 3.00 bits per heavy atom. The van der Waals surface area contributed by atoms with Gasteiger partial charge < -0.3 is 4.74 Å². The summed E-state index contributed by atoms with van der Waals surface area (Å²) in [4.78, 5) is 15.4. The molecule has 0 spiro atoms. The van der Waals surface area contributed by atoms with Crippen LogP contribution in [-0.2, 0) is 16.0 Å². The summed E-state index contributed by atoms with van der Waals surface area (Å²) in [6.45, 7) is 0. The van der Waals surface area contributed by atoms with Gasteiger partial charge in [0.25, 0.3) is 0 Å². The third kappa shape index (κ3) is 3.52. The molecule has 3 nitrogen and oxygen atoms in total. The Balaban J connectivity index is 2.12. The maximum atomic E-state index is 13.1. The summed E-state index contributed by atoms with van der Waals surface area (Å²) in [6.07, 6.45) is 0.821. The molecule has 2 aromatic rings. The highest BCUT2D eigenvalue weighted by Gasteiger charge is 2.09. The van der Waals surface area contributed by atoms with Crippen molar-refractivity contribution < 1.29 is 13.9 Å². The Kier molecular flexibility index (Phi) is 4.50. The van der Waals surface area contributed by atoms with Gasteiger partial charge >= 0.3 is 5.97 Å². The largest absolute Gasteiger partial charge is 0.469 e. The number of aromatic nitrogens is 1. The third-order valence-electron chi connectivity index (χ3n) is 2.53. The smallest absolute Gasteiger partial charge is 0.305 e. The number of esters is 1. The molecule has 0 aliphatic heterocycles. The highest BCUT2D eigenvalue weighted by atomic mass is 35.5. The molecule has 0 atom stereocenters. The second-order valence-corrected chi connectivity index (χ2v) is 5.11. The molecular weight excluding hydrogens is 289 g/mol. The van der Waals surface area contributed by atoms with E-state index in [1.807, 2.05) is 5.38 Å². The maximum Gasteiger partial charge on any atom is 0.305 e. The molecule has 0 radical (unpaired) electrons. The van der Waals surface area contributed by atoms with Crippen LogP contribution in [0, 0.1) is 5.82 Å². The fraction of sp³-hybridized carbons (Fsp3) is 0.231. The summed E-state index contributed by atoms with van der Waals surface area (Å²) in [6, 6.07) is 4.48. The average Bonchev–Trinajstić information content (AvgIpc) is 2.88. The van der Waals surface area contributed by atoms with E-state index < -0.39 is 5.82 Å². The van der Waals surface area contributed by atoms with Gasteiger partial charge in [0.2, 0.25) is 0 Å². The number of methoxy groups -OCH3 is 1. The Bertz CT molecular complexity index is 600. The molecule has 0 N–H and O–H groups in total. The zero-order chi connectivity index (χ0) is 13.8. The molecule has 0 saturated carbocycles. The number of hydrogen-bond acceptors (Lipinski definition) is 4. The number of carbonyl (C=O) groups is 1. The monoisotopic (exact) mass is 299 g/mol. The van der Waals surface area contributed by atoms with Gasteiger partial charge in [-0.05, 0) is 18.2 Å². The summed E-state index contributed by atoms with van der Waals surface area (Å²) in [5.41, 5.74) is 1.58. The number of hydrogen-bond donors (Lipinski definition) is 0. The lowest BCUT2D eigenvalue weighted by Gasteiger charge is -1.98. The van der Waals surface area contributed by atoms with Crippen molar-refractivity contribution in [2.75, 3.05) is 7.11 Å². The number of halogens is 2. The third-order valence-corrected chi connectivity index (χ3v) is 3.76. The Labute approximate surface area is 119 Å². The van der Waals surface area contributed by atoms with Crippen LogP contribution in [0.5, 0.6) is 0 Å². The molecule has 100 valence electrons. The van der Waals surface area contributed by atoms with Gasteiger partial charge in [-0.15, -0.1) is 11.3 Å². The van der Waals surface area contributed by atoms with Crippen molar-refractivity contribution in [1.82, 2.24) is 4.98 Å². The summed E-state index contributed by atoms with van der Waals surface area (Å²) in [7, 11) is 1.36. The van der Waals surface area contributed by atoms with Crippen molar-refractivity contribution in [2.45, 2.75) is 12.8 Å². The van der Waals surface area contributed by atoms with Crippen molar-refractivity contribution >= 4 is 28.9 Å². The van der Waals surface area contributed by atoms with Gasteiger partial charge in [-0.1, -0.05) is 11.6 Å². The molecule has 0 unspecified atom stereocenters. The summed E-state index contributed by atoms with van der Waals surface area (Å²) >= 11 is 7.16. The van der Waals surface area contributed by atoms with Crippen LogP contribution in [0.25, 0.3) is 10.6 Å². The fourth-order valence-corrected chi connectivity index (χ4v) is 2.55. The molecule has 0 aliphatic carbocycles. The molecule has 6 heteroatoms. The van der Waals surface area contributed by atoms with Gasteiger partial charge in [0.15, 0.2) is 0 Å². The SMILES string of the molecule is COC(=O)CCc1csc(-c2ccc(F)c(Cl)c2)n1. The first-order chi connectivity index (χ1) is 9.10. The molecule has 0 amide bonds. The summed E-state index contributed by atoms with van der Waals surface area (Å²) in [5.74, 6) is -0.715. The van der Waals surface area contributed by atoms with Gasteiger partial charge in [-0.3, -0.25) is 4.79 Å². The molecule has 2 rings (SSSR count). The van der Waals surface area contributed by atoms with Gasteiger partial charge in [0.05, 0.1) is 24.2 Å². The number of benzene rings is 1. The Morgan fingerprint density at radius 1 is 1.53 bits per heavy atom. The lowest BCUT2D eigenvalue weighted by atomic mass is 10.2. The van der Waals surface area contributed by atoms with E-state index in [9.17, 15) is 9.18 Å². The standard InChI is InChI=1S/C13H11ClFNO2S/c1-18-12(17)5-3-9-7-19-13(16-9)8-2-4-11(15)10(14)6-8/h2,4,6-7H,3,5H2,1H3. The zero-order valence-electron chi connectivity index (χ0n) is 10.2. The van der Waals surface area contributed by atoms with E-state index in [4.69, 9.17) is 11.6 Å². The minimum atomic E-state index is -0.451. The van der Waals surface area contributed by atoms with E-state index in [1.54, 1.807) is 12.1 Å². The van der Waals surface area contributed by atoms with Crippen LogP contribution >= 0.6 is 22.9 Å². The van der Waals surface area contributed by atoms with Gasteiger partial charge in [0, 0.05) is 17.4 Å². The van der Waals surface area contributed by atoms with E-state index in [2.05, 4.69) is 9.72 Å². The van der Waals surface area contributed by atoms with Crippen molar-refractivity contribution in [3.63, 3.8) is 0 Å². The molecular formula is C13H11ClFNO2S. The summed E-state index contributed by atoms with van der Waals surface area (Å²) < 4.78 is 17.6. The molecule has 0 saturated heterocycles. The normalized spacial score (nSPS) is 10.5. The van der Waals surface area contributed by atoms with Crippen LogP contribution in [-0.4, -0.2) is 18.1 Å². The topological polar surface area (TPSA) is 39.2 Å². The van der Waals surface area contributed by atoms with Gasteiger partial charge in [-0.25, -0.2) is 9.37 Å². The number of nitrogens with zero attached hydrogens (tertiary/aromatic N) is 1. The van der Waals surface area contributed by atoms with Crippen molar-refractivity contribution in [1.29, 1.82) is 0 Å². The lowest BCUT2D eigenvalue weighted by Crippen LogP contribution is -2.01. The fourth-order valence-electron chi connectivity index (χ4n) is 1.52. The number of carbonyl (C=O) groups excluding carboxylic acids is 1. The van der Waals surface area contributed by atoms with Crippen LogP contribution < -0.4 is 0 Å². The van der Waals surface area contributed by atoms with Gasteiger partial charge in [0.1, 0.15) is 10.8 Å². The maximum absolute atomic E-state index is 13.1. The minimum Gasteiger partial charge on any atom is -0.469 e. The van der Waals surface area contributed by atoms with E-state index >= 15 is 0 Å². The van der Waals surface area contributed by atoms with Crippen LogP contribution in [0.15, 0.2) is 23.6 Å². The van der Waals surface area contributed by atoms with E-state index in [0.29, 0.717) is 12.8 Å². The van der Waals surface area contributed by atoms with Crippen LogP contribution in [0.2, 0.25) is 5.02 Å². The number of aryl methyl sites for hydroxylation is 1. The first kappa shape index (κ1) is 14.0. The molecule has 19 heavy (non-hydrogen) atoms. The van der Waals surface area contributed by atoms with Crippen LogP contribution in [0.1, 0.15) is 12.1 Å². The Hall–Kier alpha value is -1.46. The molecule has 1 aromatic carbocycles. The van der Waals surface area contributed by atoms with Gasteiger partial charge in [-0.2, -0.15) is 0 Å². The minimum absolute atomic E-state index is 0.0730. The highest BCUT2D eigenvalue weighted by molar-refractivity contribution is 7.13. The predicted octanol–water partition coefficient (Wildman–Crippen LogP) is 3.71. The molecule has 0 aliphatic rings. The van der Waals surface area contributed by atoms with Crippen molar-refractivity contribution in [3.05, 3.63) is 40.1 Å². The molecule has 1 heterocycles. The average molecular weight is 300 g/mol. The van der Waals surface area contributed by atoms with Crippen molar-refractivity contribution in [2.24, 2.45) is 0 Å². The second kappa shape index (κ2) is 6.12. The van der Waals surface area contributed by atoms with E-state index in [1.165, 1.54) is 24.5 Å². The zero-order valence-corrected chi connectivity index (χ0v) is 11.7. The number of thiazole rings is 1. The lowest BCUT2D eigenvalue weighted by molar-refractivity contribution is -0.140. The second-order valence-electron chi connectivity index (χ2n) is 3.85. The van der Waals surface area contributed by atoms with E-state index in [0.717, 1.165) is 16.3 Å². The number of rotatable bonds is 4. The van der Waals surface area contributed by atoms with E-state index in [-0.39, 0.29) is 11.0 Å². The molecule has 0 fully saturated rings. The van der Waals surface area contributed by atoms with Crippen LogP contribution in [0.3, 0.4) is 0 Å². The Morgan fingerprint density at radius 2 is 2.32 bits per heavy atom. The highest BCUT2D eigenvalue weighted by Crippen LogP contribution is 2.27. The first-order valence-corrected chi connectivity index (χ1v) is 6.82. The molecule has 0 bridgehead atoms. The van der Waals surface area contributed by atoms with Crippen molar-refractivity contribution in [3.8, 4) is 10.6 Å². The van der Waals surface area contributed by atoms with Crippen LogP contribution in [0.4, 0.5) is 4.39 Å². The first-order valence-electron chi connectivity index (χ1n) is 5.57. The quantitative estimate of drug-likeness (QED) is 0.808. The summed E-state index contributed by atoms with van der Waals surface area (Å²) in [5, 5.41) is 2.70.